The first kappa shape index (κ1) is 12.3. The highest BCUT2D eigenvalue weighted by Crippen LogP contribution is 2.20. The predicted molar refractivity (Wildman–Crippen MR) is 73.5 cm³/mol. The number of aryl methyl sites for hydroxylation is 2. The van der Waals surface area contributed by atoms with Crippen LogP contribution >= 0.6 is 15.9 Å². The summed E-state index contributed by atoms with van der Waals surface area (Å²) in [5.74, 6) is 0. The lowest BCUT2D eigenvalue weighted by Crippen LogP contribution is -2.07. The number of halogens is 1. The van der Waals surface area contributed by atoms with Gasteiger partial charge in [-0.15, -0.1) is 0 Å². The van der Waals surface area contributed by atoms with E-state index in [1.165, 1.54) is 11.1 Å². The van der Waals surface area contributed by atoms with Crippen molar-refractivity contribution in [1.29, 1.82) is 0 Å². The van der Waals surface area contributed by atoms with Gasteiger partial charge in [-0.1, -0.05) is 12.1 Å². The zero-order valence-corrected chi connectivity index (χ0v) is 11.9. The van der Waals surface area contributed by atoms with Crippen LogP contribution in [0, 0.1) is 13.8 Å². The Morgan fingerprint density at radius 1 is 1.35 bits per heavy atom. The number of hydrogen-bond acceptors (Lipinski definition) is 2. The standard InChI is InChI=1S/C13H16BrN3/c1-9-4-5-10(2)13(6-9)17-8-11(14)12(16-17)7-15-3/h4-6,8,15H,7H2,1-3H3. The molecule has 90 valence electrons. The molecule has 3 nitrogen and oxygen atoms in total. The molecule has 2 aromatic rings. The first-order valence-corrected chi connectivity index (χ1v) is 6.37. The van der Waals surface area contributed by atoms with E-state index in [0.717, 1.165) is 22.4 Å². The van der Waals surface area contributed by atoms with Gasteiger partial charge < -0.3 is 5.32 Å². The van der Waals surface area contributed by atoms with Gasteiger partial charge in [0.1, 0.15) is 0 Å². The van der Waals surface area contributed by atoms with Crippen molar-refractivity contribution < 1.29 is 0 Å². The minimum Gasteiger partial charge on any atom is -0.314 e. The summed E-state index contributed by atoms with van der Waals surface area (Å²) >= 11 is 3.54. The smallest absolute Gasteiger partial charge is 0.0908 e. The van der Waals surface area contributed by atoms with Crippen LogP contribution in [0.15, 0.2) is 28.9 Å². The van der Waals surface area contributed by atoms with Gasteiger partial charge in [-0.05, 0) is 54.0 Å². The molecule has 0 aliphatic carbocycles. The van der Waals surface area contributed by atoms with E-state index in [9.17, 15) is 0 Å². The molecule has 0 saturated carbocycles. The summed E-state index contributed by atoms with van der Waals surface area (Å²) in [4.78, 5) is 0. The van der Waals surface area contributed by atoms with E-state index >= 15 is 0 Å². The molecule has 1 heterocycles. The van der Waals surface area contributed by atoms with Crippen LogP contribution in [0.1, 0.15) is 16.8 Å². The summed E-state index contributed by atoms with van der Waals surface area (Å²) in [5, 5.41) is 7.69. The summed E-state index contributed by atoms with van der Waals surface area (Å²) in [6.45, 7) is 4.95. The molecular weight excluding hydrogens is 278 g/mol. The van der Waals surface area contributed by atoms with Crippen LogP contribution in [0.25, 0.3) is 5.69 Å². The Kier molecular flexibility index (Phi) is 3.64. The normalized spacial score (nSPS) is 10.8. The molecule has 4 heteroatoms. The van der Waals surface area contributed by atoms with E-state index in [2.05, 4.69) is 58.4 Å². The fraction of sp³-hybridized carbons (Fsp3) is 0.308. The van der Waals surface area contributed by atoms with Gasteiger partial charge in [-0.3, -0.25) is 0 Å². The van der Waals surface area contributed by atoms with Crippen LogP contribution in [0.5, 0.6) is 0 Å². The van der Waals surface area contributed by atoms with Gasteiger partial charge in [0.2, 0.25) is 0 Å². The molecule has 0 radical (unpaired) electrons. The van der Waals surface area contributed by atoms with E-state index in [-0.39, 0.29) is 0 Å². The fourth-order valence-electron chi connectivity index (χ4n) is 1.77. The number of hydrogen-bond donors (Lipinski definition) is 1. The Labute approximate surface area is 110 Å². The van der Waals surface area contributed by atoms with Gasteiger partial charge in [-0.2, -0.15) is 5.10 Å². The maximum absolute atomic E-state index is 4.58. The first-order chi connectivity index (χ1) is 8.11. The average Bonchev–Trinajstić information content (AvgIpc) is 2.64. The van der Waals surface area contributed by atoms with E-state index in [1.807, 2.05) is 17.9 Å². The van der Waals surface area contributed by atoms with Crippen LogP contribution < -0.4 is 5.32 Å². The highest BCUT2D eigenvalue weighted by Gasteiger charge is 2.08. The maximum atomic E-state index is 4.58. The topological polar surface area (TPSA) is 29.9 Å². The van der Waals surface area contributed by atoms with Crippen molar-refractivity contribution in [3.63, 3.8) is 0 Å². The Morgan fingerprint density at radius 2 is 2.12 bits per heavy atom. The van der Waals surface area contributed by atoms with Crippen LogP contribution in [-0.2, 0) is 6.54 Å². The molecule has 1 N–H and O–H groups in total. The highest BCUT2D eigenvalue weighted by molar-refractivity contribution is 9.10. The minimum atomic E-state index is 0.762. The molecule has 0 amide bonds. The third-order valence-corrected chi connectivity index (χ3v) is 3.36. The molecule has 0 bridgehead atoms. The zero-order chi connectivity index (χ0) is 12.4. The molecule has 2 rings (SSSR count). The van der Waals surface area contributed by atoms with Crippen LogP contribution in [-0.4, -0.2) is 16.8 Å². The zero-order valence-electron chi connectivity index (χ0n) is 10.3. The number of aromatic nitrogens is 2. The second-order valence-corrected chi connectivity index (χ2v) is 5.04. The average molecular weight is 294 g/mol. The van der Waals surface area contributed by atoms with E-state index < -0.39 is 0 Å². The van der Waals surface area contributed by atoms with Crippen molar-refractivity contribution in [3.8, 4) is 5.69 Å². The van der Waals surface area contributed by atoms with Gasteiger partial charge in [0.15, 0.2) is 0 Å². The third kappa shape index (κ3) is 2.58. The maximum Gasteiger partial charge on any atom is 0.0908 e. The first-order valence-electron chi connectivity index (χ1n) is 5.58. The van der Waals surface area contributed by atoms with Crippen molar-refractivity contribution in [3.05, 3.63) is 45.7 Å². The van der Waals surface area contributed by atoms with Gasteiger partial charge in [0.25, 0.3) is 0 Å². The number of nitrogens with one attached hydrogen (secondary N) is 1. The Bertz CT molecular complexity index is 531. The Hall–Kier alpha value is -1.13. The molecule has 0 aliphatic heterocycles. The van der Waals surface area contributed by atoms with E-state index in [4.69, 9.17) is 0 Å². The molecule has 0 saturated heterocycles. The lowest BCUT2D eigenvalue weighted by Gasteiger charge is -2.06. The van der Waals surface area contributed by atoms with Crippen LogP contribution in [0.4, 0.5) is 0 Å². The monoisotopic (exact) mass is 293 g/mol. The SMILES string of the molecule is CNCc1nn(-c2cc(C)ccc2C)cc1Br. The second kappa shape index (κ2) is 5.02. The molecule has 0 fully saturated rings. The van der Waals surface area contributed by atoms with E-state index in [0.29, 0.717) is 0 Å². The second-order valence-electron chi connectivity index (χ2n) is 4.19. The molecule has 1 aromatic carbocycles. The van der Waals surface area contributed by atoms with E-state index in [1.54, 1.807) is 0 Å². The van der Waals surface area contributed by atoms with Crippen LogP contribution in [0.3, 0.4) is 0 Å². The highest BCUT2D eigenvalue weighted by atomic mass is 79.9. The molecule has 17 heavy (non-hydrogen) atoms. The number of rotatable bonds is 3. The summed E-state index contributed by atoms with van der Waals surface area (Å²) in [7, 11) is 1.92. The summed E-state index contributed by atoms with van der Waals surface area (Å²) in [5.41, 5.74) is 4.62. The lowest BCUT2D eigenvalue weighted by atomic mass is 10.1. The fourth-order valence-corrected chi connectivity index (χ4v) is 2.18. The van der Waals surface area contributed by atoms with Crippen molar-refractivity contribution in [1.82, 2.24) is 15.1 Å². The molecule has 0 unspecified atom stereocenters. The predicted octanol–water partition coefficient (Wildman–Crippen LogP) is 2.97. The van der Waals surface area contributed by atoms with Crippen molar-refractivity contribution in [2.24, 2.45) is 0 Å². The third-order valence-electron chi connectivity index (χ3n) is 2.70. The molecule has 0 aliphatic rings. The van der Waals surface area contributed by atoms with Crippen molar-refractivity contribution in [2.75, 3.05) is 7.05 Å². The summed E-state index contributed by atoms with van der Waals surface area (Å²) in [6, 6.07) is 6.39. The molecule has 0 spiro atoms. The van der Waals surface area contributed by atoms with Gasteiger partial charge in [0, 0.05) is 12.7 Å². The Morgan fingerprint density at radius 3 is 2.82 bits per heavy atom. The quantitative estimate of drug-likeness (QED) is 0.943. The largest absolute Gasteiger partial charge is 0.314 e. The summed E-state index contributed by atoms with van der Waals surface area (Å²) in [6.07, 6.45) is 2.01. The van der Waals surface area contributed by atoms with Crippen LogP contribution in [0.2, 0.25) is 0 Å². The summed E-state index contributed by atoms with van der Waals surface area (Å²) < 4.78 is 2.96. The molecular formula is C13H16BrN3. The Balaban J connectivity index is 2.45. The minimum absolute atomic E-state index is 0.762. The van der Waals surface area contributed by atoms with Gasteiger partial charge in [0.05, 0.1) is 15.9 Å². The number of nitrogens with zero attached hydrogens (tertiary/aromatic N) is 2. The van der Waals surface area contributed by atoms with Crippen molar-refractivity contribution in [2.45, 2.75) is 20.4 Å². The molecule has 1 aromatic heterocycles. The van der Waals surface area contributed by atoms with Gasteiger partial charge in [-0.25, -0.2) is 4.68 Å². The number of benzene rings is 1. The van der Waals surface area contributed by atoms with Gasteiger partial charge >= 0.3 is 0 Å². The van der Waals surface area contributed by atoms with Crippen molar-refractivity contribution >= 4 is 15.9 Å². The lowest BCUT2D eigenvalue weighted by molar-refractivity contribution is 0.754. The molecule has 0 atom stereocenters.